The minimum Gasteiger partial charge on any atom is -0.293 e. The van der Waals surface area contributed by atoms with Crippen LogP contribution in [0.15, 0.2) is 58.5 Å². The number of aromatic nitrogens is 4. The number of hydrogen-bond donors (Lipinski definition) is 0. The molecule has 1 aromatic carbocycles. The van der Waals surface area contributed by atoms with Crippen molar-refractivity contribution in [2.24, 2.45) is 0 Å². The molecule has 6 nitrogen and oxygen atoms in total. The maximum atomic E-state index is 12.7. The van der Waals surface area contributed by atoms with Crippen LogP contribution < -0.4 is 11.1 Å². The molecule has 0 bridgehead atoms. The van der Waals surface area contributed by atoms with Gasteiger partial charge in [-0.1, -0.05) is 11.6 Å². The van der Waals surface area contributed by atoms with E-state index in [0.717, 1.165) is 11.1 Å². The van der Waals surface area contributed by atoms with Gasteiger partial charge in [0.25, 0.3) is 11.1 Å². The second-order valence-corrected chi connectivity index (χ2v) is 6.22. The minimum absolute atomic E-state index is 0.139. The number of pyridine rings is 1. The lowest BCUT2D eigenvalue weighted by Gasteiger charge is -2.08. The summed E-state index contributed by atoms with van der Waals surface area (Å²) in [6, 6.07) is 10.7. The van der Waals surface area contributed by atoms with E-state index in [4.69, 9.17) is 0 Å². The molecule has 0 fully saturated rings. The average molecular weight is 332 g/mol. The summed E-state index contributed by atoms with van der Waals surface area (Å²) in [6.07, 6.45) is 3.20. The van der Waals surface area contributed by atoms with Gasteiger partial charge in [-0.25, -0.2) is 9.97 Å². The fourth-order valence-corrected chi connectivity index (χ4v) is 2.89. The summed E-state index contributed by atoms with van der Waals surface area (Å²) in [7, 11) is 0. The number of aryl methyl sites for hydroxylation is 2. The fourth-order valence-electron chi connectivity index (χ4n) is 2.89. The van der Waals surface area contributed by atoms with E-state index in [9.17, 15) is 9.59 Å². The molecular formula is C19H16N4O2. The zero-order valence-electron chi connectivity index (χ0n) is 13.9. The van der Waals surface area contributed by atoms with Crippen molar-refractivity contribution in [2.75, 3.05) is 0 Å². The maximum absolute atomic E-state index is 12.7. The van der Waals surface area contributed by atoms with Gasteiger partial charge < -0.3 is 0 Å². The van der Waals surface area contributed by atoms with Crippen LogP contribution in [0.2, 0.25) is 0 Å². The summed E-state index contributed by atoms with van der Waals surface area (Å²) in [6.45, 7) is 4.08. The van der Waals surface area contributed by atoms with Gasteiger partial charge in [0.05, 0.1) is 29.5 Å². The summed E-state index contributed by atoms with van der Waals surface area (Å²) in [5.41, 5.74) is 3.48. The monoisotopic (exact) mass is 332 g/mol. The second-order valence-electron chi connectivity index (χ2n) is 6.22. The molecule has 4 rings (SSSR count). The molecule has 0 saturated heterocycles. The Labute approximate surface area is 143 Å². The van der Waals surface area contributed by atoms with Crippen LogP contribution in [0.4, 0.5) is 0 Å². The van der Waals surface area contributed by atoms with Crippen LogP contribution >= 0.6 is 0 Å². The summed E-state index contributed by atoms with van der Waals surface area (Å²) < 4.78 is 2.97. The highest BCUT2D eigenvalue weighted by Crippen LogP contribution is 2.09. The number of benzene rings is 1. The van der Waals surface area contributed by atoms with Gasteiger partial charge in [0.2, 0.25) is 0 Å². The molecule has 124 valence electrons. The topological polar surface area (TPSA) is 69.3 Å². The van der Waals surface area contributed by atoms with E-state index < -0.39 is 0 Å². The van der Waals surface area contributed by atoms with Gasteiger partial charge in [-0.2, -0.15) is 0 Å². The van der Waals surface area contributed by atoms with E-state index >= 15 is 0 Å². The second kappa shape index (κ2) is 5.66. The molecule has 0 spiro atoms. The Hall–Kier alpha value is -3.28. The van der Waals surface area contributed by atoms with Gasteiger partial charge in [0, 0.05) is 12.3 Å². The largest absolute Gasteiger partial charge is 0.293 e. The van der Waals surface area contributed by atoms with E-state index in [2.05, 4.69) is 9.97 Å². The number of hydrogen-bond acceptors (Lipinski definition) is 4. The number of nitrogens with zero attached hydrogens (tertiary/aromatic N) is 4. The van der Waals surface area contributed by atoms with Gasteiger partial charge in [0.15, 0.2) is 0 Å². The first-order valence-electron chi connectivity index (χ1n) is 7.96. The summed E-state index contributed by atoms with van der Waals surface area (Å²) in [4.78, 5) is 33.8. The predicted molar refractivity (Wildman–Crippen MR) is 96.0 cm³/mol. The summed E-state index contributed by atoms with van der Waals surface area (Å²) >= 11 is 0. The van der Waals surface area contributed by atoms with Crippen LogP contribution in [0.3, 0.4) is 0 Å². The highest BCUT2D eigenvalue weighted by atomic mass is 16.1. The van der Waals surface area contributed by atoms with E-state index in [1.165, 1.54) is 21.4 Å². The number of rotatable bonds is 2. The molecule has 25 heavy (non-hydrogen) atoms. The van der Waals surface area contributed by atoms with Crippen LogP contribution in [-0.4, -0.2) is 18.9 Å². The van der Waals surface area contributed by atoms with E-state index in [-0.39, 0.29) is 17.7 Å². The zero-order chi connectivity index (χ0) is 17.6. The predicted octanol–water partition coefficient (Wildman–Crippen LogP) is 2.07. The Bertz CT molecular complexity index is 1240. The normalized spacial score (nSPS) is 11.3. The molecule has 3 aromatic heterocycles. The Morgan fingerprint density at radius 3 is 2.64 bits per heavy atom. The van der Waals surface area contributed by atoms with E-state index in [0.29, 0.717) is 22.2 Å². The Balaban J connectivity index is 1.84. The van der Waals surface area contributed by atoms with Crippen LogP contribution in [0, 0.1) is 13.8 Å². The molecule has 6 heteroatoms. The van der Waals surface area contributed by atoms with Crippen LogP contribution in [0.5, 0.6) is 0 Å². The third-order valence-electron chi connectivity index (χ3n) is 4.19. The van der Waals surface area contributed by atoms with Crippen molar-refractivity contribution in [2.45, 2.75) is 20.4 Å². The highest BCUT2D eigenvalue weighted by molar-refractivity contribution is 5.77. The highest BCUT2D eigenvalue weighted by Gasteiger charge is 2.08. The minimum atomic E-state index is -0.169. The molecule has 0 saturated carbocycles. The molecule has 0 aliphatic carbocycles. The van der Waals surface area contributed by atoms with Crippen molar-refractivity contribution in [3.8, 4) is 0 Å². The lowest BCUT2D eigenvalue weighted by Crippen LogP contribution is -2.23. The molecule has 0 aliphatic heterocycles. The molecule has 0 radical (unpaired) electrons. The Morgan fingerprint density at radius 1 is 1.00 bits per heavy atom. The summed E-state index contributed by atoms with van der Waals surface area (Å²) in [5, 5.41) is 0.566. The molecule has 0 N–H and O–H groups in total. The van der Waals surface area contributed by atoms with Crippen molar-refractivity contribution >= 4 is 16.6 Å². The first kappa shape index (κ1) is 15.3. The molecule has 4 aromatic rings. The van der Waals surface area contributed by atoms with Crippen molar-refractivity contribution < 1.29 is 0 Å². The van der Waals surface area contributed by atoms with Gasteiger partial charge in [0.1, 0.15) is 5.65 Å². The zero-order valence-corrected chi connectivity index (χ0v) is 13.9. The van der Waals surface area contributed by atoms with E-state index in [1.54, 1.807) is 6.20 Å². The van der Waals surface area contributed by atoms with Crippen molar-refractivity contribution in [3.05, 3.63) is 86.5 Å². The standard InChI is InChI=1S/C19H16N4O2/c1-12-3-4-16-15(7-12)19(25)22(11-20-16)10-14-9-18(24)23-6-5-13(2)8-17(23)21-14/h3-9,11H,10H2,1-2H3. The maximum Gasteiger partial charge on any atom is 0.261 e. The smallest absolute Gasteiger partial charge is 0.261 e. The van der Waals surface area contributed by atoms with Crippen LogP contribution in [-0.2, 0) is 6.54 Å². The summed E-state index contributed by atoms with van der Waals surface area (Å²) in [5.74, 6) is 0. The molecule has 0 amide bonds. The first-order chi connectivity index (χ1) is 12.0. The van der Waals surface area contributed by atoms with Crippen molar-refractivity contribution in [3.63, 3.8) is 0 Å². The van der Waals surface area contributed by atoms with Crippen molar-refractivity contribution in [1.82, 2.24) is 18.9 Å². The lowest BCUT2D eigenvalue weighted by atomic mass is 10.2. The quantitative estimate of drug-likeness (QED) is 0.563. The van der Waals surface area contributed by atoms with Gasteiger partial charge >= 0.3 is 0 Å². The van der Waals surface area contributed by atoms with Crippen LogP contribution in [0.1, 0.15) is 16.8 Å². The van der Waals surface area contributed by atoms with Gasteiger partial charge in [-0.05, 0) is 43.7 Å². The van der Waals surface area contributed by atoms with Crippen molar-refractivity contribution in [1.29, 1.82) is 0 Å². The fraction of sp³-hybridized carbons (Fsp3) is 0.158. The lowest BCUT2D eigenvalue weighted by molar-refractivity contribution is 0.726. The first-order valence-corrected chi connectivity index (χ1v) is 7.96. The van der Waals surface area contributed by atoms with Gasteiger partial charge in [-0.3, -0.25) is 18.6 Å². The van der Waals surface area contributed by atoms with Gasteiger partial charge in [-0.15, -0.1) is 0 Å². The Kier molecular flexibility index (Phi) is 3.46. The molecule has 0 aliphatic rings. The molecular weight excluding hydrogens is 316 g/mol. The van der Waals surface area contributed by atoms with Crippen LogP contribution in [0.25, 0.3) is 16.6 Å². The SMILES string of the molecule is Cc1ccc2ncn(Cc3cc(=O)n4ccc(C)cc4n3)c(=O)c2c1. The third kappa shape index (κ3) is 2.71. The molecule has 0 atom stereocenters. The number of fused-ring (bicyclic) bond motifs is 2. The molecule has 0 unspecified atom stereocenters. The molecule has 3 heterocycles. The van der Waals surface area contributed by atoms with E-state index in [1.807, 2.05) is 44.2 Å². The average Bonchev–Trinajstić information content (AvgIpc) is 2.57. The third-order valence-corrected chi connectivity index (χ3v) is 4.19. The Morgan fingerprint density at radius 2 is 1.80 bits per heavy atom.